The Bertz CT molecular complexity index is 375. The van der Waals surface area contributed by atoms with Crippen molar-refractivity contribution in [1.82, 2.24) is 4.90 Å². The number of carbonyl (C=O) groups is 1. The van der Waals surface area contributed by atoms with E-state index < -0.39 is 0 Å². The second-order valence-electron chi connectivity index (χ2n) is 3.23. The minimum atomic E-state index is -0.116. The van der Waals surface area contributed by atoms with Gasteiger partial charge in [-0.05, 0) is 24.6 Å². The third-order valence-corrected chi connectivity index (χ3v) is 2.85. The van der Waals surface area contributed by atoms with Crippen LogP contribution < -0.4 is 0 Å². The summed E-state index contributed by atoms with van der Waals surface area (Å²) in [5.74, 6) is -0.116. The normalized spacial score (nSPS) is 10.1. The van der Waals surface area contributed by atoms with Gasteiger partial charge in [0.2, 0.25) is 0 Å². The SMILES string of the molecule is Cc1c(Cl)ccc(C(=O)N(C)C)c1Cl. The summed E-state index contributed by atoms with van der Waals surface area (Å²) in [5, 5.41) is 1.00. The topological polar surface area (TPSA) is 20.3 Å². The van der Waals surface area contributed by atoms with Crippen molar-refractivity contribution in [2.45, 2.75) is 6.92 Å². The molecule has 4 heteroatoms. The molecule has 0 bridgehead atoms. The number of halogens is 2. The Labute approximate surface area is 93.4 Å². The Balaban J connectivity index is 3.24. The summed E-state index contributed by atoms with van der Waals surface area (Å²) < 4.78 is 0. The van der Waals surface area contributed by atoms with E-state index in [0.29, 0.717) is 15.6 Å². The minimum Gasteiger partial charge on any atom is -0.345 e. The molecule has 0 heterocycles. The van der Waals surface area contributed by atoms with Gasteiger partial charge in [0.15, 0.2) is 0 Å². The summed E-state index contributed by atoms with van der Waals surface area (Å²) in [5.41, 5.74) is 1.22. The van der Waals surface area contributed by atoms with Crippen LogP contribution in [0, 0.1) is 6.92 Å². The fourth-order valence-electron chi connectivity index (χ4n) is 1.07. The number of hydrogen-bond acceptors (Lipinski definition) is 1. The summed E-state index contributed by atoms with van der Waals surface area (Å²) in [4.78, 5) is 13.1. The van der Waals surface area contributed by atoms with Gasteiger partial charge in [0.05, 0.1) is 10.6 Å². The van der Waals surface area contributed by atoms with E-state index in [9.17, 15) is 4.79 Å². The van der Waals surface area contributed by atoms with E-state index in [4.69, 9.17) is 23.2 Å². The number of amides is 1. The lowest BCUT2D eigenvalue weighted by Gasteiger charge is -2.13. The standard InChI is InChI=1S/C10H11Cl2NO/c1-6-8(11)5-4-7(9(6)12)10(14)13(2)3/h4-5H,1-3H3. The second-order valence-corrected chi connectivity index (χ2v) is 4.02. The lowest BCUT2D eigenvalue weighted by Crippen LogP contribution is -2.22. The number of nitrogens with zero attached hydrogens (tertiary/aromatic N) is 1. The van der Waals surface area contributed by atoms with Gasteiger partial charge in [0.25, 0.3) is 5.91 Å². The molecule has 0 unspecified atom stereocenters. The first-order valence-electron chi connectivity index (χ1n) is 4.11. The Hall–Kier alpha value is -0.730. The highest BCUT2D eigenvalue weighted by Gasteiger charge is 2.14. The molecule has 1 rings (SSSR count). The molecule has 1 aromatic rings. The lowest BCUT2D eigenvalue weighted by molar-refractivity contribution is 0.0827. The van der Waals surface area contributed by atoms with E-state index in [2.05, 4.69) is 0 Å². The Morgan fingerprint density at radius 3 is 2.36 bits per heavy atom. The van der Waals surface area contributed by atoms with Gasteiger partial charge in [-0.25, -0.2) is 0 Å². The van der Waals surface area contributed by atoms with E-state index in [0.717, 1.165) is 5.56 Å². The summed E-state index contributed by atoms with van der Waals surface area (Å²) in [6, 6.07) is 3.32. The van der Waals surface area contributed by atoms with E-state index >= 15 is 0 Å². The molecule has 0 spiro atoms. The third-order valence-electron chi connectivity index (χ3n) is 1.96. The van der Waals surface area contributed by atoms with E-state index in [1.807, 2.05) is 0 Å². The molecule has 0 atom stereocenters. The summed E-state index contributed by atoms with van der Waals surface area (Å²) >= 11 is 11.9. The molecular weight excluding hydrogens is 221 g/mol. The first-order chi connectivity index (χ1) is 6.45. The Morgan fingerprint density at radius 1 is 1.29 bits per heavy atom. The lowest BCUT2D eigenvalue weighted by atomic mass is 10.1. The summed E-state index contributed by atoms with van der Waals surface area (Å²) in [6.07, 6.45) is 0. The van der Waals surface area contributed by atoms with Crippen molar-refractivity contribution < 1.29 is 4.79 Å². The molecule has 76 valence electrons. The van der Waals surface area contributed by atoms with Crippen LogP contribution in [0.5, 0.6) is 0 Å². The average molecular weight is 232 g/mol. The maximum atomic E-state index is 11.6. The van der Waals surface area contributed by atoms with Crippen molar-refractivity contribution >= 4 is 29.1 Å². The zero-order chi connectivity index (χ0) is 10.9. The van der Waals surface area contributed by atoms with Crippen LogP contribution in [0.25, 0.3) is 0 Å². The molecule has 0 aliphatic carbocycles. The Kier molecular flexibility index (Phi) is 3.40. The van der Waals surface area contributed by atoms with Crippen LogP contribution in [0.2, 0.25) is 10.0 Å². The van der Waals surface area contributed by atoms with Gasteiger partial charge in [-0.15, -0.1) is 0 Å². The van der Waals surface area contributed by atoms with Crippen molar-refractivity contribution in [2.24, 2.45) is 0 Å². The predicted molar refractivity (Wildman–Crippen MR) is 59.2 cm³/mol. The molecule has 0 aliphatic rings. The van der Waals surface area contributed by atoms with Crippen molar-refractivity contribution in [3.63, 3.8) is 0 Å². The first kappa shape index (κ1) is 11.3. The second kappa shape index (κ2) is 4.20. The molecule has 0 N–H and O–H groups in total. The number of hydrogen-bond donors (Lipinski definition) is 0. The predicted octanol–water partition coefficient (Wildman–Crippen LogP) is 3.00. The minimum absolute atomic E-state index is 0.116. The highest BCUT2D eigenvalue weighted by atomic mass is 35.5. The van der Waals surface area contributed by atoms with Crippen LogP contribution in [0.1, 0.15) is 15.9 Å². The highest BCUT2D eigenvalue weighted by molar-refractivity contribution is 6.38. The van der Waals surface area contributed by atoms with Gasteiger partial charge in [0.1, 0.15) is 0 Å². The van der Waals surface area contributed by atoms with Crippen LogP contribution in [0.4, 0.5) is 0 Å². The van der Waals surface area contributed by atoms with E-state index in [1.165, 1.54) is 4.90 Å². The maximum Gasteiger partial charge on any atom is 0.254 e. The number of carbonyl (C=O) groups excluding carboxylic acids is 1. The van der Waals surface area contributed by atoms with Crippen molar-refractivity contribution in [2.75, 3.05) is 14.1 Å². The van der Waals surface area contributed by atoms with Gasteiger partial charge in [-0.2, -0.15) is 0 Å². The van der Waals surface area contributed by atoms with Gasteiger partial charge in [0, 0.05) is 19.1 Å². The molecule has 0 saturated heterocycles. The summed E-state index contributed by atoms with van der Waals surface area (Å²) in [6.45, 7) is 1.79. The fraction of sp³-hybridized carbons (Fsp3) is 0.300. The molecule has 0 radical (unpaired) electrons. The van der Waals surface area contributed by atoms with Gasteiger partial charge in [-0.1, -0.05) is 23.2 Å². The molecule has 1 amide bonds. The third kappa shape index (κ3) is 2.02. The summed E-state index contributed by atoms with van der Waals surface area (Å²) in [7, 11) is 3.37. The number of rotatable bonds is 1. The smallest absolute Gasteiger partial charge is 0.254 e. The molecule has 14 heavy (non-hydrogen) atoms. The zero-order valence-corrected chi connectivity index (χ0v) is 9.78. The molecule has 1 aromatic carbocycles. The first-order valence-corrected chi connectivity index (χ1v) is 4.87. The van der Waals surface area contributed by atoms with Crippen LogP contribution in [-0.2, 0) is 0 Å². The molecular formula is C10H11Cl2NO. The zero-order valence-electron chi connectivity index (χ0n) is 8.27. The van der Waals surface area contributed by atoms with Crippen LogP contribution in [0.15, 0.2) is 12.1 Å². The van der Waals surface area contributed by atoms with E-state index in [-0.39, 0.29) is 5.91 Å². The molecule has 0 aromatic heterocycles. The molecule has 0 saturated carbocycles. The van der Waals surface area contributed by atoms with Crippen LogP contribution in [0.3, 0.4) is 0 Å². The largest absolute Gasteiger partial charge is 0.345 e. The van der Waals surface area contributed by atoms with Crippen molar-refractivity contribution in [3.8, 4) is 0 Å². The van der Waals surface area contributed by atoms with Gasteiger partial charge >= 0.3 is 0 Å². The average Bonchev–Trinajstić information content (AvgIpc) is 2.13. The highest BCUT2D eigenvalue weighted by Crippen LogP contribution is 2.27. The van der Waals surface area contributed by atoms with Crippen LogP contribution in [-0.4, -0.2) is 24.9 Å². The monoisotopic (exact) mass is 231 g/mol. The Morgan fingerprint density at radius 2 is 1.86 bits per heavy atom. The maximum absolute atomic E-state index is 11.6. The van der Waals surface area contributed by atoms with E-state index in [1.54, 1.807) is 33.2 Å². The molecule has 0 fully saturated rings. The molecule has 0 aliphatic heterocycles. The molecule has 2 nitrogen and oxygen atoms in total. The fourth-order valence-corrected chi connectivity index (χ4v) is 1.52. The quantitative estimate of drug-likeness (QED) is 0.728. The van der Waals surface area contributed by atoms with Crippen LogP contribution >= 0.6 is 23.2 Å². The van der Waals surface area contributed by atoms with Crippen molar-refractivity contribution in [3.05, 3.63) is 33.3 Å². The van der Waals surface area contributed by atoms with Gasteiger partial charge < -0.3 is 4.90 Å². The van der Waals surface area contributed by atoms with Gasteiger partial charge in [-0.3, -0.25) is 4.79 Å². The number of benzene rings is 1. The van der Waals surface area contributed by atoms with Crippen molar-refractivity contribution in [1.29, 1.82) is 0 Å².